The van der Waals surface area contributed by atoms with Gasteiger partial charge in [-0.1, -0.05) is 191 Å². The molecule has 1 heterocycles. The van der Waals surface area contributed by atoms with Crippen LogP contribution in [0.1, 0.15) is 49.9 Å². The van der Waals surface area contributed by atoms with Crippen molar-refractivity contribution in [1.29, 1.82) is 0 Å². The highest BCUT2D eigenvalue weighted by molar-refractivity contribution is 6.19. The predicted octanol–water partition coefficient (Wildman–Crippen LogP) is 17.8. The third-order valence-electron chi connectivity index (χ3n) is 14.9. The maximum Gasteiger partial charge on any atom is 0.143 e. The van der Waals surface area contributed by atoms with E-state index in [-0.39, 0.29) is 10.8 Å². The van der Waals surface area contributed by atoms with Crippen molar-refractivity contribution in [2.75, 3.05) is 4.90 Å². The van der Waals surface area contributed by atoms with Crippen molar-refractivity contribution in [1.82, 2.24) is 0 Å². The average molecular weight is 846 g/mol. The van der Waals surface area contributed by atoms with Crippen molar-refractivity contribution in [3.05, 3.63) is 235 Å². The van der Waals surface area contributed by atoms with Crippen molar-refractivity contribution in [3.8, 4) is 55.6 Å². The Morgan fingerprint density at radius 2 is 0.985 bits per heavy atom. The minimum atomic E-state index is -0.110. The van der Waals surface area contributed by atoms with Gasteiger partial charge < -0.3 is 9.32 Å². The van der Waals surface area contributed by atoms with Gasteiger partial charge in [-0.2, -0.15) is 0 Å². The lowest BCUT2D eigenvalue weighted by atomic mass is 9.81. The molecule has 11 aromatic rings. The number of fused-ring (bicyclic) bond motifs is 11. The number of para-hydroxylation sites is 1. The van der Waals surface area contributed by atoms with Crippen molar-refractivity contribution in [2.45, 2.75) is 38.5 Å². The van der Waals surface area contributed by atoms with E-state index in [0.29, 0.717) is 0 Å². The van der Waals surface area contributed by atoms with Gasteiger partial charge in [-0.3, -0.25) is 0 Å². The number of rotatable bonds is 6. The first-order chi connectivity index (χ1) is 32.3. The Morgan fingerprint density at radius 3 is 1.83 bits per heavy atom. The molecule has 0 unspecified atom stereocenters. The van der Waals surface area contributed by atoms with Gasteiger partial charge in [0.25, 0.3) is 0 Å². The summed E-state index contributed by atoms with van der Waals surface area (Å²) in [5.41, 5.74) is 22.9. The standard InChI is InChI=1S/C64H47NO/c1-63(2)55-26-11-8-22-52(55)60-51(24-14-27-56(60)63)50-21-9-12-28-58(50)65(44-34-30-40(31-35-44)42-33-36-49-48-20-7-10-25-54(48)64(3,4)57(49)39-42)45-18-13-17-43(38-45)46-23-15-29-59-61(46)53-37-32-41-16-5-6-19-47(41)62(53)66-59/h5-39H,1-4H3. The summed E-state index contributed by atoms with van der Waals surface area (Å²) in [5.74, 6) is 0. The summed E-state index contributed by atoms with van der Waals surface area (Å²) in [6.45, 7) is 9.43. The summed E-state index contributed by atoms with van der Waals surface area (Å²) in [6.07, 6.45) is 0. The fourth-order valence-corrected chi connectivity index (χ4v) is 11.6. The Kier molecular flexibility index (Phi) is 8.33. The van der Waals surface area contributed by atoms with Gasteiger partial charge in [0.2, 0.25) is 0 Å². The molecule has 2 nitrogen and oxygen atoms in total. The van der Waals surface area contributed by atoms with Crippen LogP contribution in [-0.4, -0.2) is 0 Å². The van der Waals surface area contributed by atoms with Crippen LogP contribution < -0.4 is 4.90 Å². The first kappa shape index (κ1) is 38.5. The number of nitrogens with zero attached hydrogens (tertiary/aromatic N) is 1. The fourth-order valence-electron chi connectivity index (χ4n) is 11.6. The zero-order chi connectivity index (χ0) is 44.3. The average Bonchev–Trinajstić information content (AvgIpc) is 3.95. The molecule has 13 rings (SSSR count). The molecule has 0 atom stereocenters. The maximum atomic E-state index is 6.67. The second kappa shape index (κ2) is 14.3. The molecule has 314 valence electrons. The number of anilines is 3. The Morgan fingerprint density at radius 1 is 0.364 bits per heavy atom. The highest BCUT2D eigenvalue weighted by Crippen LogP contribution is 2.54. The lowest BCUT2D eigenvalue weighted by Gasteiger charge is -2.29. The quantitative estimate of drug-likeness (QED) is 0.166. The lowest BCUT2D eigenvalue weighted by Crippen LogP contribution is -2.15. The first-order valence-electron chi connectivity index (χ1n) is 23.2. The van der Waals surface area contributed by atoms with Gasteiger partial charge in [-0.25, -0.2) is 0 Å². The molecule has 2 aliphatic rings. The van der Waals surface area contributed by atoms with Crippen molar-refractivity contribution in [3.63, 3.8) is 0 Å². The van der Waals surface area contributed by atoms with E-state index >= 15 is 0 Å². The number of hydrogen-bond donors (Lipinski definition) is 0. The zero-order valence-electron chi connectivity index (χ0n) is 37.6. The molecule has 0 aliphatic heterocycles. The van der Waals surface area contributed by atoms with Crippen LogP contribution in [0, 0.1) is 0 Å². The van der Waals surface area contributed by atoms with E-state index in [4.69, 9.17) is 4.42 Å². The van der Waals surface area contributed by atoms with Crippen LogP contribution in [0.2, 0.25) is 0 Å². The second-order valence-electron chi connectivity index (χ2n) is 19.2. The van der Waals surface area contributed by atoms with Gasteiger partial charge in [0.15, 0.2) is 0 Å². The Balaban J connectivity index is 0.987. The third kappa shape index (κ3) is 5.61. The molecule has 2 aliphatic carbocycles. The highest BCUT2D eigenvalue weighted by Gasteiger charge is 2.38. The van der Waals surface area contributed by atoms with Crippen LogP contribution in [-0.2, 0) is 10.8 Å². The van der Waals surface area contributed by atoms with Crippen LogP contribution in [0.3, 0.4) is 0 Å². The Labute approximate surface area is 386 Å². The van der Waals surface area contributed by atoms with Gasteiger partial charge >= 0.3 is 0 Å². The smallest absolute Gasteiger partial charge is 0.143 e. The van der Waals surface area contributed by atoms with E-state index in [0.717, 1.165) is 55.5 Å². The van der Waals surface area contributed by atoms with Crippen LogP contribution >= 0.6 is 0 Å². The summed E-state index contributed by atoms with van der Waals surface area (Å²) in [4.78, 5) is 2.46. The topological polar surface area (TPSA) is 16.4 Å². The summed E-state index contributed by atoms with van der Waals surface area (Å²) < 4.78 is 6.67. The molecular weight excluding hydrogens is 799 g/mol. The lowest BCUT2D eigenvalue weighted by molar-refractivity contribution is 0.660. The first-order valence-corrected chi connectivity index (χ1v) is 23.2. The molecule has 0 fully saturated rings. The van der Waals surface area contributed by atoms with Gasteiger partial charge in [0, 0.05) is 43.9 Å². The molecular formula is C64H47NO. The van der Waals surface area contributed by atoms with E-state index < -0.39 is 0 Å². The molecule has 0 bridgehead atoms. The second-order valence-corrected chi connectivity index (χ2v) is 19.2. The minimum absolute atomic E-state index is 0.0678. The minimum Gasteiger partial charge on any atom is -0.455 e. The molecule has 0 saturated heterocycles. The molecule has 0 N–H and O–H groups in total. The monoisotopic (exact) mass is 845 g/mol. The van der Waals surface area contributed by atoms with Gasteiger partial charge in [0.05, 0.1) is 5.69 Å². The van der Waals surface area contributed by atoms with Crippen LogP contribution in [0.4, 0.5) is 17.1 Å². The maximum absolute atomic E-state index is 6.67. The summed E-state index contributed by atoms with van der Waals surface area (Å²) in [5, 5.41) is 4.56. The zero-order valence-corrected chi connectivity index (χ0v) is 37.6. The van der Waals surface area contributed by atoms with Crippen molar-refractivity contribution in [2.24, 2.45) is 0 Å². The third-order valence-corrected chi connectivity index (χ3v) is 14.9. The largest absolute Gasteiger partial charge is 0.455 e. The van der Waals surface area contributed by atoms with E-state index in [2.05, 4.69) is 245 Å². The highest BCUT2D eigenvalue weighted by atomic mass is 16.3. The van der Waals surface area contributed by atoms with Crippen LogP contribution in [0.5, 0.6) is 0 Å². The van der Waals surface area contributed by atoms with Gasteiger partial charge in [-0.05, 0) is 126 Å². The Bertz CT molecular complexity index is 3770. The molecule has 0 radical (unpaired) electrons. The molecule has 0 saturated carbocycles. The molecule has 1 aromatic heterocycles. The fraction of sp³-hybridized carbons (Fsp3) is 0.0938. The molecule has 2 heteroatoms. The summed E-state index contributed by atoms with van der Waals surface area (Å²) >= 11 is 0. The van der Waals surface area contributed by atoms with Gasteiger partial charge in [0.1, 0.15) is 11.2 Å². The number of furan rings is 1. The molecule has 0 spiro atoms. The van der Waals surface area contributed by atoms with E-state index in [1.165, 1.54) is 72.1 Å². The normalized spacial score (nSPS) is 14.0. The predicted molar refractivity (Wildman–Crippen MR) is 277 cm³/mol. The molecule has 66 heavy (non-hydrogen) atoms. The molecule has 10 aromatic carbocycles. The van der Waals surface area contributed by atoms with Gasteiger partial charge in [-0.15, -0.1) is 0 Å². The van der Waals surface area contributed by atoms with Crippen LogP contribution in [0.25, 0.3) is 88.3 Å². The molecule has 0 amide bonds. The van der Waals surface area contributed by atoms with E-state index in [9.17, 15) is 0 Å². The SMILES string of the molecule is CC1(C)c2ccccc2-c2ccc(-c3ccc(N(c4cccc(-c5cccc6oc7c8ccccc8ccc7c56)c4)c4ccccc4-c4cccc5c4-c4ccccc4C5(C)C)cc3)cc21. The Hall–Kier alpha value is -7.94. The summed E-state index contributed by atoms with van der Waals surface area (Å²) in [6, 6.07) is 78.3. The summed E-state index contributed by atoms with van der Waals surface area (Å²) in [7, 11) is 0. The van der Waals surface area contributed by atoms with E-state index in [1.54, 1.807) is 0 Å². The van der Waals surface area contributed by atoms with Crippen molar-refractivity contribution >= 4 is 49.8 Å². The van der Waals surface area contributed by atoms with Crippen molar-refractivity contribution < 1.29 is 4.42 Å². The number of benzene rings is 10. The van der Waals surface area contributed by atoms with Crippen LogP contribution in [0.15, 0.2) is 217 Å². The number of hydrogen-bond acceptors (Lipinski definition) is 2. The van der Waals surface area contributed by atoms with E-state index in [1.807, 2.05) is 0 Å².